The summed E-state index contributed by atoms with van der Waals surface area (Å²) in [6.45, 7) is 3.50. The number of halogens is 1. The summed E-state index contributed by atoms with van der Waals surface area (Å²) in [7, 11) is 3.77. The maximum absolute atomic E-state index is 12.4. The first kappa shape index (κ1) is 19.5. The van der Waals surface area contributed by atoms with Crippen LogP contribution >= 0.6 is 11.6 Å². The van der Waals surface area contributed by atoms with Crippen molar-refractivity contribution in [2.75, 3.05) is 24.3 Å². The number of rotatable bonds is 5. The highest BCUT2D eigenvalue weighted by atomic mass is 35.5. The summed E-state index contributed by atoms with van der Waals surface area (Å²) < 4.78 is 0. The number of carbonyl (C=O) groups excluding carboxylic acids is 1. The molecule has 0 atom stereocenters. The van der Waals surface area contributed by atoms with E-state index < -0.39 is 5.56 Å². The van der Waals surface area contributed by atoms with Gasteiger partial charge in [-0.25, -0.2) is 0 Å². The van der Waals surface area contributed by atoms with E-state index in [1.807, 2.05) is 31.1 Å². The Bertz CT molecular complexity index is 942. The van der Waals surface area contributed by atoms with E-state index in [4.69, 9.17) is 16.9 Å². The lowest BCUT2D eigenvalue weighted by Crippen LogP contribution is -2.19. The normalized spacial score (nSPS) is 10.3. The molecular weight excluding hydrogens is 352 g/mol. The van der Waals surface area contributed by atoms with Gasteiger partial charge in [0.15, 0.2) is 0 Å². The van der Waals surface area contributed by atoms with Gasteiger partial charge in [-0.3, -0.25) is 9.59 Å². The second kappa shape index (κ2) is 8.07. The third-order valence-electron chi connectivity index (χ3n) is 4.24. The van der Waals surface area contributed by atoms with Crippen molar-refractivity contribution in [2.45, 2.75) is 26.7 Å². The van der Waals surface area contributed by atoms with E-state index in [9.17, 15) is 9.59 Å². The number of hydrogen-bond donors (Lipinski definition) is 2. The summed E-state index contributed by atoms with van der Waals surface area (Å²) in [5, 5.41) is 12.5. The maximum atomic E-state index is 12.4. The Kier molecular flexibility index (Phi) is 6.06. The molecule has 1 heterocycles. The Labute approximate surface area is 157 Å². The number of H-pyrrole nitrogens is 1. The lowest BCUT2D eigenvalue weighted by atomic mass is 9.99. The lowest BCUT2D eigenvalue weighted by Gasteiger charge is -2.18. The van der Waals surface area contributed by atoms with Crippen LogP contribution in [0.3, 0.4) is 0 Å². The number of aromatic amines is 1. The molecule has 0 fully saturated rings. The number of nitrogens with one attached hydrogen (secondary N) is 2. The fraction of sp³-hybridized carbons (Fsp3) is 0.316. The molecule has 0 aliphatic rings. The molecule has 0 radical (unpaired) electrons. The smallest absolute Gasteiger partial charge is 0.266 e. The van der Waals surface area contributed by atoms with Crippen LogP contribution in [0.25, 0.3) is 0 Å². The molecule has 7 heteroatoms. The van der Waals surface area contributed by atoms with Crippen LogP contribution in [0, 0.1) is 25.2 Å². The molecule has 0 aliphatic heterocycles. The minimum absolute atomic E-state index is 0.0933. The van der Waals surface area contributed by atoms with E-state index in [0.29, 0.717) is 28.4 Å². The molecule has 0 unspecified atom stereocenters. The van der Waals surface area contributed by atoms with Gasteiger partial charge in [0, 0.05) is 31.2 Å². The zero-order chi connectivity index (χ0) is 19.4. The van der Waals surface area contributed by atoms with Crippen LogP contribution in [-0.2, 0) is 11.2 Å². The van der Waals surface area contributed by atoms with Gasteiger partial charge in [-0.2, -0.15) is 5.26 Å². The van der Waals surface area contributed by atoms with E-state index in [1.165, 1.54) is 0 Å². The van der Waals surface area contributed by atoms with Crippen molar-refractivity contribution in [1.29, 1.82) is 5.26 Å². The zero-order valence-electron chi connectivity index (χ0n) is 15.2. The summed E-state index contributed by atoms with van der Waals surface area (Å²) in [5.41, 5.74) is 3.30. The van der Waals surface area contributed by atoms with E-state index in [1.54, 1.807) is 26.0 Å². The van der Waals surface area contributed by atoms with Crippen LogP contribution < -0.4 is 15.8 Å². The molecule has 1 amide bonds. The first-order valence-electron chi connectivity index (χ1n) is 8.13. The highest BCUT2D eigenvalue weighted by Crippen LogP contribution is 2.28. The van der Waals surface area contributed by atoms with Gasteiger partial charge in [-0.1, -0.05) is 11.6 Å². The van der Waals surface area contributed by atoms with E-state index >= 15 is 0 Å². The van der Waals surface area contributed by atoms with Crippen molar-refractivity contribution >= 4 is 28.9 Å². The van der Waals surface area contributed by atoms with Gasteiger partial charge in [-0.15, -0.1) is 0 Å². The Morgan fingerprint density at radius 3 is 2.65 bits per heavy atom. The highest BCUT2D eigenvalue weighted by Gasteiger charge is 2.14. The molecular formula is C19H21ClN4O2. The molecule has 0 saturated carbocycles. The number of hydrogen-bond acceptors (Lipinski definition) is 4. The predicted molar refractivity (Wildman–Crippen MR) is 104 cm³/mol. The topological polar surface area (TPSA) is 89.0 Å². The van der Waals surface area contributed by atoms with Crippen molar-refractivity contribution < 1.29 is 4.79 Å². The summed E-state index contributed by atoms with van der Waals surface area (Å²) in [5.74, 6) is -0.168. The molecule has 6 nitrogen and oxygen atoms in total. The average molecular weight is 373 g/mol. The number of anilines is 2. The second-order valence-corrected chi connectivity index (χ2v) is 6.71. The number of pyridine rings is 1. The minimum Gasteiger partial charge on any atom is -0.376 e. The van der Waals surface area contributed by atoms with Gasteiger partial charge in [0.25, 0.3) is 5.56 Å². The first-order valence-corrected chi connectivity index (χ1v) is 8.51. The van der Waals surface area contributed by atoms with E-state index in [2.05, 4.69) is 10.3 Å². The van der Waals surface area contributed by atoms with E-state index in [0.717, 1.165) is 11.3 Å². The molecule has 0 spiro atoms. The molecule has 2 rings (SSSR count). The van der Waals surface area contributed by atoms with Crippen LogP contribution in [0.2, 0.25) is 5.02 Å². The zero-order valence-corrected chi connectivity index (χ0v) is 16.0. The van der Waals surface area contributed by atoms with Gasteiger partial charge in [0.05, 0.1) is 11.4 Å². The van der Waals surface area contributed by atoms with Crippen molar-refractivity contribution in [3.8, 4) is 6.07 Å². The van der Waals surface area contributed by atoms with Gasteiger partial charge in [0.1, 0.15) is 11.6 Å². The largest absolute Gasteiger partial charge is 0.376 e. The third kappa shape index (κ3) is 4.24. The van der Waals surface area contributed by atoms with Crippen LogP contribution in [0.1, 0.15) is 28.8 Å². The quantitative estimate of drug-likeness (QED) is 0.843. The van der Waals surface area contributed by atoms with Crippen molar-refractivity contribution in [1.82, 2.24) is 4.98 Å². The Balaban J connectivity index is 2.18. The Morgan fingerprint density at radius 1 is 1.35 bits per heavy atom. The number of amides is 1. The predicted octanol–water partition coefficient (Wildman–Crippen LogP) is 3.15. The SMILES string of the molecule is Cc1[nH]c(=O)c(C#N)c(C)c1CCC(=O)Nc1cc(Cl)ccc1N(C)C. The average Bonchev–Trinajstić information content (AvgIpc) is 2.54. The van der Waals surface area contributed by atoms with Gasteiger partial charge >= 0.3 is 0 Å². The molecule has 2 aromatic rings. The fourth-order valence-electron chi connectivity index (χ4n) is 2.87. The van der Waals surface area contributed by atoms with Crippen molar-refractivity contribution in [3.05, 3.63) is 56.0 Å². The number of aryl methyl sites for hydroxylation is 1. The first-order chi connectivity index (χ1) is 12.2. The summed E-state index contributed by atoms with van der Waals surface area (Å²) in [6.07, 6.45) is 0.644. The second-order valence-electron chi connectivity index (χ2n) is 6.27. The number of nitriles is 1. The summed E-state index contributed by atoms with van der Waals surface area (Å²) in [4.78, 5) is 28.7. The molecule has 0 bridgehead atoms. The summed E-state index contributed by atoms with van der Waals surface area (Å²) in [6, 6.07) is 7.24. The van der Waals surface area contributed by atoms with Crippen LogP contribution in [0.5, 0.6) is 0 Å². The van der Waals surface area contributed by atoms with Crippen LogP contribution in [-0.4, -0.2) is 25.0 Å². The molecule has 0 aliphatic carbocycles. The third-order valence-corrected chi connectivity index (χ3v) is 4.47. The number of benzene rings is 1. The molecule has 1 aromatic carbocycles. The van der Waals surface area contributed by atoms with Gasteiger partial charge < -0.3 is 15.2 Å². The molecule has 1 aromatic heterocycles. The molecule has 136 valence electrons. The monoisotopic (exact) mass is 372 g/mol. The number of aromatic nitrogens is 1. The number of carbonyl (C=O) groups is 1. The molecule has 0 saturated heterocycles. The van der Waals surface area contributed by atoms with E-state index in [-0.39, 0.29) is 17.9 Å². The highest BCUT2D eigenvalue weighted by molar-refractivity contribution is 6.31. The molecule has 2 N–H and O–H groups in total. The minimum atomic E-state index is -0.398. The van der Waals surface area contributed by atoms with Crippen molar-refractivity contribution in [2.24, 2.45) is 0 Å². The van der Waals surface area contributed by atoms with Crippen LogP contribution in [0.15, 0.2) is 23.0 Å². The summed E-state index contributed by atoms with van der Waals surface area (Å²) >= 11 is 6.03. The fourth-order valence-corrected chi connectivity index (χ4v) is 3.04. The Hall–Kier alpha value is -2.78. The maximum Gasteiger partial charge on any atom is 0.266 e. The van der Waals surface area contributed by atoms with Crippen molar-refractivity contribution in [3.63, 3.8) is 0 Å². The molecule has 26 heavy (non-hydrogen) atoms. The van der Waals surface area contributed by atoms with Gasteiger partial charge in [0.2, 0.25) is 5.91 Å². The van der Waals surface area contributed by atoms with Gasteiger partial charge in [-0.05, 0) is 49.6 Å². The lowest BCUT2D eigenvalue weighted by molar-refractivity contribution is -0.116. The Morgan fingerprint density at radius 2 is 2.04 bits per heavy atom. The van der Waals surface area contributed by atoms with Crippen LogP contribution in [0.4, 0.5) is 11.4 Å². The number of nitrogens with zero attached hydrogens (tertiary/aromatic N) is 2. The standard InChI is InChI=1S/C19H21ClN4O2/c1-11-14(12(2)22-19(26)15(11)10-21)6-8-18(25)23-16-9-13(20)5-7-17(16)24(3)4/h5,7,9H,6,8H2,1-4H3,(H,22,26)(H,23,25).